The Kier molecular flexibility index (Phi) is 10.3. The third-order valence-corrected chi connectivity index (χ3v) is 18.2. The maximum Gasteiger partial charge on any atom is 0.0802 e. The number of hydrogen-bond acceptors (Lipinski definition) is 7. The van der Waals surface area contributed by atoms with Crippen LogP contribution in [0.25, 0.3) is 162 Å². The fourth-order valence-corrected chi connectivity index (χ4v) is 13.9. The summed E-state index contributed by atoms with van der Waals surface area (Å²) < 4.78 is 188. The Morgan fingerprint density at radius 2 is 0.421 bits per heavy atom. The molecule has 0 radical (unpaired) electrons. The van der Waals surface area contributed by atoms with Crippen LogP contribution in [-0.4, -0.2) is 34.9 Å². The van der Waals surface area contributed by atoms with Crippen molar-refractivity contribution in [3.63, 3.8) is 0 Å². The standard InChI is InChI=1S/3C18H13N.2C17H12N2.15H2/c1-12-8-9-14-13-5-2-3-6-15(13)18-16(17(14)11-12)7-4-10-19-18;1-12-8-9-15-13-5-2-3-6-14(13)16-7-4-10-19-18(16)17(15)11-12;1-12-6-7-15-13-4-2-3-5-14(13)16-8-9-19-11-18(16)17(15)10-12;1-11-2-3-12-13-4-6-18-9-16(13)17-10-19-7-5-14(17)15(12)8-11;1-11-4-5-12-13-6-8-18-10-16(13)17-14(15(12)9-11)3-2-7-19-17;;;;;;;;;;;;;;;/h3*2-11H,1H3;2*2-10H,1H3;15*1H/i5*1D;15*1+1D. The van der Waals surface area contributed by atoms with E-state index in [1.165, 1.54) is 97.0 Å². The molecule has 0 amide bonds. The molecule has 20 rings (SSSR count). The van der Waals surface area contributed by atoms with Crippen molar-refractivity contribution in [2.45, 2.75) is 34.5 Å². The Morgan fingerprint density at radius 1 is 0.200 bits per heavy atom. The Balaban J connectivity index is 0.000000756. The van der Waals surface area contributed by atoms with Gasteiger partial charge in [-0.25, -0.2) is 0 Å². The first-order chi connectivity index (χ1) is 64.4. The van der Waals surface area contributed by atoms with Crippen LogP contribution < -0.4 is 0 Å². The summed E-state index contributed by atoms with van der Waals surface area (Å²) in [5, 5.41) is 32.1. The molecule has 480 valence electrons. The molecule has 0 bridgehead atoms. The number of pyridine rings is 7. The second kappa shape index (κ2) is 24.5. The summed E-state index contributed by atoms with van der Waals surface area (Å²) in [6.45, 7) is 1.52. The molecule has 0 aliphatic heterocycles. The van der Waals surface area contributed by atoms with E-state index in [2.05, 4.69) is 193 Å². The summed E-state index contributed by atoms with van der Waals surface area (Å²) in [5.74, 6) is 0. The van der Waals surface area contributed by atoms with E-state index in [0.29, 0.717) is 34.5 Å². The fourth-order valence-electron chi connectivity index (χ4n) is 13.9. The van der Waals surface area contributed by atoms with E-state index in [1.54, 1.807) is 0 Å². The average Bonchev–Trinajstić information content (AvgIpc) is 0.773. The van der Waals surface area contributed by atoms with Crippen LogP contribution in [0.15, 0.2) is 293 Å². The third-order valence-electron chi connectivity index (χ3n) is 18.2. The largest absolute Gasteiger partial charge is 0.264 e. The van der Waals surface area contributed by atoms with Gasteiger partial charge in [0.05, 0.1) is 16.6 Å². The minimum Gasteiger partial charge on any atom is -0.264 e. The summed E-state index contributed by atoms with van der Waals surface area (Å²) in [5.41, 5.74) is 8.20. The first kappa shape index (κ1) is 39.9. The second-order valence-electron chi connectivity index (χ2n) is 23.9. The van der Waals surface area contributed by atoms with Gasteiger partial charge < -0.3 is 0 Å². The van der Waals surface area contributed by atoms with Gasteiger partial charge in [0, 0.05) is 168 Å². The molecule has 0 fully saturated rings. The third kappa shape index (κ3) is 10.5. The van der Waals surface area contributed by atoms with E-state index in [1.807, 2.05) is 135 Å². The van der Waals surface area contributed by atoms with E-state index in [9.17, 15) is 0 Å². The zero-order valence-corrected chi connectivity index (χ0v) is 51.9. The monoisotopic (exact) mass is 1280 g/mol. The molecule has 7 heteroatoms. The zero-order chi connectivity index (χ0) is 97.6. The highest BCUT2D eigenvalue weighted by molar-refractivity contribution is 6.29. The van der Waals surface area contributed by atoms with Crippen molar-refractivity contribution >= 4 is 162 Å². The highest BCUT2D eigenvalue weighted by Gasteiger charge is 2.14. The molecule has 7 aromatic heterocycles. The van der Waals surface area contributed by atoms with Crippen LogP contribution in [0.1, 0.15) is 79.2 Å². The van der Waals surface area contributed by atoms with Crippen LogP contribution in [-0.2, 0) is 0 Å². The lowest BCUT2D eigenvalue weighted by Gasteiger charge is -2.10. The van der Waals surface area contributed by atoms with Gasteiger partial charge >= 0.3 is 0 Å². The number of benzene rings is 13. The Morgan fingerprint density at radius 3 is 0.800 bits per heavy atom. The van der Waals surface area contributed by atoms with Gasteiger partial charge in [0.15, 0.2) is 0 Å². The number of aryl methyl sites for hydroxylation is 5. The van der Waals surface area contributed by atoms with E-state index in [4.69, 9.17) is 51.4 Å². The smallest absolute Gasteiger partial charge is 0.0802 e. The number of rotatable bonds is 0. The molecule has 0 unspecified atom stereocenters. The van der Waals surface area contributed by atoms with Gasteiger partial charge in [0.25, 0.3) is 0 Å². The van der Waals surface area contributed by atoms with Crippen LogP contribution in [0, 0.1) is 34.5 Å². The molecule has 0 saturated carbocycles. The first-order valence-corrected chi connectivity index (χ1v) is 31.5. The molecule has 7 nitrogen and oxygen atoms in total. The summed E-state index contributed by atoms with van der Waals surface area (Å²) in [6.07, 6.45) is 20.4. The minimum absolute atomic E-state index is 0.298. The zero-order valence-electron chi connectivity index (χ0n) is 86.9. The van der Waals surface area contributed by atoms with Crippen molar-refractivity contribution in [1.29, 1.82) is 0 Å². The fraction of sp³-hybridized carbons (Fsp3) is 0.0568. The molecular weight excluding hydrogens is 1160 g/mol. The van der Waals surface area contributed by atoms with Gasteiger partial charge in [-0.3, -0.25) is 34.9 Å². The summed E-state index contributed by atoms with van der Waals surface area (Å²) >= 11 is 0. The van der Waals surface area contributed by atoms with Crippen molar-refractivity contribution < 1.29 is 51.4 Å². The summed E-state index contributed by atoms with van der Waals surface area (Å²) in [7, 11) is 0. The van der Waals surface area contributed by atoms with Crippen LogP contribution in [0.5, 0.6) is 0 Å². The van der Waals surface area contributed by atoms with Gasteiger partial charge in [0.2, 0.25) is 0 Å². The maximum absolute atomic E-state index is 7.57. The number of hydrogen-bond donors (Lipinski definition) is 0. The quantitative estimate of drug-likeness (QED) is 0.140. The molecule has 13 aromatic carbocycles. The molecular formula is C88H93N7. The molecule has 20 aromatic rings. The molecule has 0 N–H and O–H groups in total. The average molecular weight is 1280 g/mol. The van der Waals surface area contributed by atoms with E-state index >= 15 is 0 Å². The van der Waals surface area contributed by atoms with E-state index < -0.39 is 0 Å². The van der Waals surface area contributed by atoms with E-state index in [0.717, 1.165) is 92.8 Å². The molecule has 0 aliphatic rings. The van der Waals surface area contributed by atoms with Crippen LogP contribution >= 0.6 is 0 Å². The SMILES string of the molecule is [2H]Cc1ccc2c(c1)c1cccnc1c1cnccc21.[2H]Cc1ccc2c3ccccc3c3cccnc3c2c1.[2H]Cc1ccc2c3ccccc3c3ccncc3c2c1.[2H]Cc1ccc2c3ccccc3c3ncccc3c2c1.[2H]Cc1ccc2c3ccncc3c3cnccc3c2c1.[2H][2H].[2H][2H].[2H][2H].[2H][2H].[2H][2H].[2H][2H].[2H][2H].[2H][2H].[2H][2H].[2H][2H].[2H][2H].[2H][2H].[2H][2H].[2H][2H].[2H][2H]. The van der Waals surface area contributed by atoms with Crippen molar-refractivity contribution in [3.8, 4) is 0 Å². The normalized spacial score (nSPS) is 13.4. The van der Waals surface area contributed by atoms with Crippen molar-refractivity contribution in [1.82, 2.24) is 34.9 Å². The van der Waals surface area contributed by atoms with Gasteiger partial charge in [-0.1, -0.05) is 204 Å². The summed E-state index contributed by atoms with van der Waals surface area (Å²) in [4.78, 5) is 30.7. The Labute approximate surface area is 602 Å². The predicted octanol–water partition coefficient (Wildman–Crippen LogP) is 26.7. The van der Waals surface area contributed by atoms with Crippen LogP contribution in [0.2, 0.25) is 0 Å². The van der Waals surface area contributed by atoms with Crippen LogP contribution in [0.3, 0.4) is 0 Å². The molecule has 0 saturated heterocycles. The number of aromatic nitrogens is 7. The maximum atomic E-state index is 7.57. The molecule has 0 aliphatic carbocycles. The molecule has 95 heavy (non-hydrogen) atoms. The lowest BCUT2D eigenvalue weighted by Crippen LogP contribution is -1.87. The van der Waals surface area contributed by atoms with Gasteiger partial charge in [-0.15, -0.1) is 0 Å². The topological polar surface area (TPSA) is 90.2 Å². The summed E-state index contributed by atoms with van der Waals surface area (Å²) in [6, 6.07) is 77.1. The lowest BCUT2D eigenvalue weighted by atomic mass is 9.94. The highest BCUT2D eigenvalue weighted by Crippen LogP contribution is 2.40. The molecule has 0 atom stereocenters. The highest BCUT2D eigenvalue weighted by atomic mass is 14.7. The number of nitrogens with zero attached hydrogens (tertiary/aromatic N) is 7. The van der Waals surface area contributed by atoms with Crippen LogP contribution in [0.4, 0.5) is 0 Å². The van der Waals surface area contributed by atoms with Crippen molar-refractivity contribution in [3.05, 3.63) is 320 Å². The van der Waals surface area contributed by atoms with E-state index in [-0.39, 0.29) is 0 Å². The van der Waals surface area contributed by atoms with Gasteiger partial charge in [0.1, 0.15) is 0 Å². The first-order valence-electron chi connectivity index (χ1n) is 50.0. The number of fused-ring (bicyclic) bond motifs is 30. The Bertz CT molecular complexity index is 5550. The molecule has 0 spiro atoms. The molecule has 7 heterocycles. The predicted molar refractivity (Wildman–Crippen MR) is 435 cm³/mol. The van der Waals surface area contributed by atoms with Crippen molar-refractivity contribution in [2.75, 3.05) is 0 Å². The lowest BCUT2D eigenvalue weighted by molar-refractivity contribution is 1.35. The second-order valence-corrected chi connectivity index (χ2v) is 23.9. The van der Waals surface area contributed by atoms with Gasteiger partial charge in [-0.2, -0.15) is 0 Å². The van der Waals surface area contributed by atoms with Crippen molar-refractivity contribution in [2.24, 2.45) is 0 Å². The van der Waals surface area contributed by atoms with Gasteiger partial charge in [-0.05, 0) is 180 Å². The minimum atomic E-state index is 0.298. The Hall–Kier alpha value is -12.2.